The molecule has 0 rings (SSSR count). The predicted molar refractivity (Wildman–Crippen MR) is 46.0 cm³/mol. The molecule has 0 fully saturated rings. The van der Waals surface area contributed by atoms with Crippen LogP contribution in [0.4, 0.5) is 0 Å². The van der Waals surface area contributed by atoms with Crippen molar-refractivity contribution in [1.82, 2.24) is 0 Å². The third kappa shape index (κ3) is 5.71. The summed E-state index contributed by atoms with van der Waals surface area (Å²) in [7, 11) is 0. The van der Waals surface area contributed by atoms with Crippen LogP contribution < -0.4 is 11.5 Å². The number of nitrogens with two attached hydrogens (primary N) is 2. The molecule has 0 radical (unpaired) electrons. The molecule has 0 aromatic heterocycles. The largest absolute Gasteiger partial charge is 0.472 e. The Morgan fingerprint density at radius 3 is 2.58 bits per heavy atom. The van der Waals surface area contributed by atoms with E-state index in [-0.39, 0.29) is 0 Å². The fourth-order valence-corrected chi connectivity index (χ4v) is 0.702. The van der Waals surface area contributed by atoms with Crippen LogP contribution in [-0.4, -0.2) is 16.7 Å². The summed E-state index contributed by atoms with van der Waals surface area (Å²) >= 11 is 0. The average Bonchev–Trinajstić information content (AvgIpc) is 1.98. The van der Waals surface area contributed by atoms with Crippen LogP contribution in [0.15, 0.2) is 0 Å². The number of unbranched alkanes of at least 4 members (excludes halogenated alkanes) is 1. The summed E-state index contributed by atoms with van der Waals surface area (Å²) in [5.74, 6) is 3.01. The van der Waals surface area contributed by atoms with Crippen LogP contribution in [0, 0.1) is 11.8 Å². The minimum atomic E-state index is -1.20. The molecule has 0 heterocycles. The van der Waals surface area contributed by atoms with E-state index in [1.165, 1.54) is 0 Å². The van der Waals surface area contributed by atoms with E-state index >= 15 is 0 Å². The van der Waals surface area contributed by atoms with E-state index in [1.54, 1.807) is 0 Å². The minimum Gasteiger partial charge on any atom is -0.472 e. The van der Waals surface area contributed by atoms with Crippen molar-refractivity contribution < 1.29 is 9.90 Å². The number of hydrogen-bond donors (Lipinski definition) is 3. The zero-order chi connectivity index (χ0) is 9.61. The molecule has 4 heteroatoms. The van der Waals surface area contributed by atoms with Gasteiger partial charge in [0.25, 0.3) is 0 Å². The maximum absolute atomic E-state index is 10.0. The van der Waals surface area contributed by atoms with Gasteiger partial charge in [0.1, 0.15) is 5.66 Å². The monoisotopic (exact) mass is 170 g/mol. The van der Waals surface area contributed by atoms with Crippen molar-refractivity contribution in [2.75, 3.05) is 0 Å². The van der Waals surface area contributed by atoms with E-state index in [0.717, 1.165) is 12.8 Å². The van der Waals surface area contributed by atoms with Crippen molar-refractivity contribution in [3.63, 3.8) is 0 Å². The van der Waals surface area contributed by atoms with Crippen LogP contribution >= 0.6 is 0 Å². The number of carboxylic acids is 1. The van der Waals surface area contributed by atoms with Crippen LogP contribution in [0.1, 0.15) is 26.2 Å². The van der Waals surface area contributed by atoms with E-state index < -0.39 is 11.6 Å². The van der Waals surface area contributed by atoms with Gasteiger partial charge in [-0.1, -0.05) is 19.3 Å². The highest BCUT2D eigenvalue weighted by Crippen LogP contribution is 2.03. The SMILES string of the molecule is CCCCC(N)(N)C#CC(=O)O. The minimum absolute atomic E-state index is 0.518. The molecule has 5 N–H and O–H groups in total. The van der Waals surface area contributed by atoms with Gasteiger partial charge >= 0.3 is 5.97 Å². The van der Waals surface area contributed by atoms with Crippen LogP contribution in [0.25, 0.3) is 0 Å². The molecule has 68 valence electrons. The Morgan fingerprint density at radius 1 is 1.58 bits per heavy atom. The Hall–Kier alpha value is -1.05. The van der Waals surface area contributed by atoms with Gasteiger partial charge < -0.3 is 16.6 Å². The third-order valence-corrected chi connectivity index (χ3v) is 1.35. The zero-order valence-corrected chi connectivity index (χ0v) is 7.13. The van der Waals surface area contributed by atoms with Crippen molar-refractivity contribution in [2.24, 2.45) is 11.5 Å². The smallest absolute Gasteiger partial charge is 0.382 e. The van der Waals surface area contributed by atoms with Crippen molar-refractivity contribution >= 4 is 5.97 Å². The summed E-state index contributed by atoms with van der Waals surface area (Å²) in [6.07, 6.45) is 2.33. The number of carbonyl (C=O) groups is 1. The molecule has 0 aromatic carbocycles. The molecule has 4 nitrogen and oxygen atoms in total. The zero-order valence-electron chi connectivity index (χ0n) is 7.13. The fourth-order valence-electron chi connectivity index (χ4n) is 0.702. The Kier molecular flexibility index (Phi) is 4.34. The predicted octanol–water partition coefficient (Wildman–Crippen LogP) is -0.122. The Morgan fingerprint density at radius 2 is 2.17 bits per heavy atom. The molecule has 0 saturated carbocycles. The molecular formula is C8H14N2O2. The number of hydrogen-bond acceptors (Lipinski definition) is 3. The van der Waals surface area contributed by atoms with Crippen LogP contribution in [0.5, 0.6) is 0 Å². The number of aliphatic carboxylic acids is 1. The van der Waals surface area contributed by atoms with Crippen LogP contribution in [0.3, 0.4) is 0 Å². The molecule has 0 bridgehead atoms. The summed E-state index contributed by atoms with van der Waals surface area (Å²) in [6.45, 7) is 2.00. The summed E-state index contributed by atoms with van der Waals surface area (Å²) in [4.78, 5) is 10.0. The van der Waals surface area contributed by atoms with E-state index in [9.17, 15) is 4.79 Å². The average molecular weight is 170 g/mol. The van der Waals surface area contributed by atoms with Gasteiger partial charge in [-0.25, -0.2) is 4.79 Å². The number of carboxylic acid groups (broad SMARTS) is 1. The molecule has 0 spiro atoms. The van der Waals surface area contributed by atoms with Gasteiger partial charge in [-0.15, -0.1) is 0 Å². The lowest BCUT2D eigenvalue weighted by atomic mass is 10.1. The highest BCUT2D eigenvalue weighted by molar-refractivity contribution is 5.86. The highest BCUT2D eigenvalue weighted by atomic mass is 16.4. The van der Waals surface area contributed by atoms with E-state index in [0.29, 0.717) is 6.42 Å². The Labute approximate surface area is 71.9 Å². The standard InChI is InChI=1S/C8H14N2O2/c1-2-3-5-8(9,10)6-4-7(11)12/h2-3,5,9-10H2,1H3,(H,11,12). The summed E-state index contributed by atoms with van der Waals surface area (Å²) in [5.41, 5.74) is 9.83. The van der Waals surface area contributed by atoms with Crippen LogP contribution in [-0.2, 0) is 4.79 Å². The Bertz CT molecular complexity index is 213. The Balaban J connectivity index is 4.05. The van der Waals surface area contributed by atoms with Gasteiger partial charge in [-0.2, -0.15) is 0 Å². The second kappa shape index (κ2) is 4.75. The molecule has 0 atom stereocenters. The maximum atomic E-state index is 10.0. The maximum Gasteiger partial charge on any atom is 0.382 e. The molecular weight excluding hydrogens is 156 g/mol. The van der Waals surface area contributed by atoms with Gasteiger partial charge in [-0.3, -0.25) is 0 Å². The lowest BCUT2D eigenvalue weighted by Gasteiger charge is -2.16. The highest BCUT2D eigenvalue weighted by Gasteiger charge is 2.14. The second-order valence-corrected chi connectivity index (χ2v) is 2.70. The third-order valence-electron chi connectivity index (χ3n) is 1.35. The van der Waals surface area contributed by atoms with E-state index in [1.807, 2.05) is 12.8 Å². The molecule has 0 aromatic rings. The lowest BCUT2D eigenvalue weighted by molar-refractivity contribution is -0.130. The first kappa shape index (κ1) is 11.0. The molecule has 0 amide bonds. The quantitative estimate of drug-likeness (QED) is 0.407. The second-order valence-electron chi connectivity index (χ2n) is 2.70. The van der Waals surface area contributed by atoms with Gasteiger partial charge in [0.05, 0.1) is 0 Å². The van der Waals surface area contributed by atoms with Crippen molar-refractivity contribution in [1.29, 1.82) is 0 Å². The first-order chi connectivity index (χ1) is 5.48. The molecule has 0 unspecified atom stereocenters. The molecule has 0 saturated heterocycles. The first-order valence-corrected chi connectivity index (χ1v) is 3.82. The van der Waals surface area contributed by atoms with Crippen molar-refractivity contribution in [2.45, 2.75) is 31.8 Å². The van der Waals surface area contributed by atoms with Crippen molar-refractivity contribution in [3.05, 3.63) is 0 Å². The van der Waals surface area contributed by atoms with Crippen molar-refractivity contribution in [3.8, 4) is 11.8 Å². The number of rotatable bonds is 3. The topological polar surface area (TPSA) is 89.3 Å². The first-order valence-electron chi connectivity index (χ1n) is 3.82. The van der Waals surface area contributed by atoms with Gasteiger partial charge in [0.15, 0.2) is 0 Å². The lowest BCUT2D eigenvalue weighted by Crippen LogP contribution is -2.47. The summed E-state index contributed by atoms with van der Waals surface area (Å²) in [6, 6.07) is 0. The van der Waals surface area contributed by atoms with Gasteiger partial charge in [0, 0.05) is 5.92 Å². The molecule has 12 heavy (non-hydrogen) atoms. The summed E-state index contributed by atoms with van der Waals surface area (Å²) < 4.78 is 0. The van der Waals surface area contributed by atoms with Crippen LogP contribution in [0.2, 0.25) is 0 Å². The normalized spacial score (nSPS) is 10.2. The van der Waals surface area contributed by atoms with E-state index in [4.69, 9.17) is 16.6 Å². The molecule has 0 aliphatic heterocycles. The van der Waals surface area contributed by atoms with E-state index in [2.05, 4.69) is 5.92 Å². The fraction of sp³-hybridized carbons (Fsp3) is 0.625. The summed E-state index contributed by atoms with van der Waals surface area (Å²) in [5, 5.41) is 8.22. The van der Waals surface area contributed by atoms with Gasteiger partial charge in [-0.05, 0) is 12.8 Å². The molecule has 0 aliphatic rings. The molecule has 0 aliphatic carbocycles. The van der Waals surface area contributed by atoms with Gasteiger partial charge in [0.2, 0.25) is 0 Å².